The Balaban J connectivity index is 2.29. The van der Waals surface area contributed by atoms with Crippen molar-refractivity contribution in [1.82, 2.24) is 0 Å². The topological polar surface area (TPSA) is 21.6 Å². The number of halogens is 1. The summed E-state index contributed by atoms with van der Waals surface area (Å²) in [5, 5.41) is 0.686. The molecule has 0 fully saturated rings. The van der Waals surface area contributed by atoms with Gasteiger partial charge in [0, 0.05) is 16.8 Å². The second-order valence-corrected chi connectivity index (χ2v) is 3.86. The van der Waals surface area contributed by atoms with Gasteiger partial charge in [-0.2, -0.15) is 0 Å². The minimum atomic E-state index is 0.686. The van der Waals surface area contributed by atoms with Crippen molar-refractivity contribution in [3.63, 3.8) is 0 Å². The van der Waals surface area contributed by atoms with Gasteiger partial charge >= 0.3 is 0 Å². The van der Waals surface area contributed by atoms with Gasteiger partial charge in [-0.25, -0.2) is 0 Å². The lowest BCUT2D eigenvalue weighted by atomic mass is 10.2. The summed E-state index contributed by atoms with van der Waals surface area (Å²) in [6.07, 6.45) is 1.74. The Bertz CT molecular complexity index is 537. The normalized spacial score (nSPS) is 10.7. The SMILES string of the molecule is COc1ccccc1N=Cc1ccccc1Cl. The fourth-order valence-electron chi connectivity index (χ4n) is 1.46. The number of benzene rings is 2. The summed E-state index contributed by atoms with van der Waals surface area (Å²) in [4.78, 5) is 4.37. The van der Waals surface area contributed by atoms with E-state index in [0.717, 1.165) is 17.0 Å². The molecule has 0 aromatic heterocycles. The van der Waals surface area contributed by atoms with E-state index in [-0.39, 0.29) is 0 Å². The van der Waals surface area contributed by atoms with Crippen LogP contribution in [0.5, 0.6) is 5.75 Å². The zero-order valence-corrected chi connectivity index (χ0v) is 10.2. The smallest absolute Gasteiger partial charge is 0.144 e. The number of nitrogens with zero attached hydrogens (tertiary/aromatic N) is 1. The van der Waals surface area contributed by atoms with E-state index in [1.165, 1.54) is 0 Å². The van der Waals surface area contributed by atoms with Crippen LogP contribution in [0.1, 0.15) is 5.56 Å². The molecule has 3 heteroatoms. The van der Waals surface area contributed by atoms with Crippen LogP contribution in [-0.4, -0.2) is 13.3 Å². The van der Waals surface area contributed by atoms with E-state index >= 15 is 0 Å². The fraction of sp³-hybridized carbons (Fsp3) is 0.0714. The van der Waals surface area contributed by atoms with Crippen LogP contribution in [0, 0.1) is 0 Å². The van der Waals surface area contributed by atoms with Crippen molar-refractivity contribution in [2.75, 3.05) is 7.11 Å². The maximum Gasteiger partial charge on any atom is 0.144 e. The molecule has 0 atom stereocenters. The highest BCUT2D eigenvalue weighted by Crippen LogP contribution is 2.26. The Morgan fingerprint density at radius 3 is 2.53 bits per heavy atom. The second kappa shape index (κ2) is 5.51. The molecule has 0 amide bonds. The molecule has 2 aromatic carbocycles. The second-order valence-electron chi connectivity index (χ2n) is 3.45. The Kier molecular flexibility index (Phi) is 3.78. The van der Waals surface area contributed by atoms with Gasteiger partial charge in [-0.05, 0) is 18.2 Å². The van der Waals surface area contributed by atoms with E-state index < -0.39 is 0 Å². The average Bonchev–Trinajstić information content (AvgIpc) is 2.38. The summed E-state index contributed by atoms with van der Waals surface area (Å²) in [5.41, 5.74) is 1.68. The van der Waals surface area contributed by atoms with Gasteiger partial charge in [-0.3, -0.25) is 4.99 Å². The van der Waals surface area contributed by atoms with Crippen LogP contribution >= 0.6 is 11.6 Å². The van der Waals surface area contributed by atoms with Crippen molar-refractivity contribution < 1.29 is 4.74 Å². The monoisotopic (exact) mass is 245 g/mol. The van der Waals surface area contributed by atoms with Gasteiger partial charge in [0.1, 0.15) is 11.4 Å². The van der Waals surface area contributed by atoms with E-state index in [0.29, 0.717) is 5.02 Å². The first-order chi connectivity index (χ1) is 8.31. The summed E-state index contributed by atoms with van der Waals surface area (Å²) in [6.45, 7) is 0. The third-order valence-corrected chi connectivity index (χ3v) is 2.68. The third kappa shape index (κ3) is 2.86. The molecular weight excluding hydrogens is 234 g/mol. The minimum absolute atomic E-state index is 0.686. The molecule has 0 aliphatic rings. The lowest BCUT2D eigenvalue weighted by molar-refractivity contribution is 0.416. The van der Waals surface area contributed by atoms with E-state index in [1.807, 2.05) is 48.5 Å². The van der Waals surface area contributed by atoms with Crippen molar-refractivity contribution in [1.29, 1.82) is 0 Å². The molecule has 0 bridgehead atoms. The predicted octanol–water partition coefficient (Wildman–Crippen LogP) is 4.10. The quantitative estimate of drug-likeness (QED) is 0.746. The Labute approximate surface area is 106 Å². The fourth-order valence-corrected chi connectivity index (χ4v) is 1.64. The molecule has 2 aromatic rings. The van der Waals surface area contributed by atoms with Crippen molar-refractivity contribution in [2.24, 2.45) is 4.99 Å². The number of ether oxygens (including phenoxy) is 1. The number of para-hydroxylation sites is 2. The van der Waals surface area contributed by atoms with Gasteiger partial charge in [0.05, 0.1) is 7.11 Å². The summed E-state index contributed by atoms with van der Waals surface area (Å²) in [7, 11) is 1.63. The van der Waals surface area contributed by atoms with Crippen molar-refractivity contribution >= 4 is 23.5 Å². The number of hydrogen-bond donors (Lipinski definition) is 0. The van der Waals surface area contributed by atoms with Gasteiger partial charge < -0.3 is 4.74 Å². The van der Waals surface area contributed by atoms with Gasteiger partial charge in [0.2, 0.25) is 0 Å². The van der Waals surface area contributed by atoms with Gasteiger partial charge in [0.15, 0.2) is 0 Å². The highest BCUT2D eigenvalue weighted by molar-refractivity contribution is 6.33. The van der Waals surface area contributed by atoms with Crippen LogP contribution in [0.25, 0.3) is 0 Å². The number of hydrogen-bond acceptors (Lipinski definition) is 2. The zero-order valence-electron chi connectivity index (χ0n) is 9.43. The van der Waals surface area contributed by atoms with E-state index in [9.17, 15) is 0 Å². The first kappa shape index (κ1) is 11.7. The van der Waals surface area contributed by atoms with E-state index in [2.05, 4.69) is 4.99 Å². The molecule has 0 spiro atoms. The molecule has 0 heterocycles. The standard InChI is InChI=1S/C14H12ClNO/c1-17-14-9-5-4-8-13(14)16-10-11-6-2-3-7-12(11)15/h2-10H,1H3. The Morgan fingerprint density at radius 2 is 1.76 bits per heavy atom. The Hall–Kier alpha value is -1.80. The summed E-state index contributed by atoms with van der Waals surface area (Å²) >= 11 is 6.04. The van der Waals surface area contributed by atoms with Crippen LogP contribution in [0.3, 0.4) is 0 Å². The molecular formula is C14H12ClNO. The van der Waals surface area contributed by atoms with E-state index in [4.69, 9.17) is 16.3 Å². The average molecular weight is 246 g/mol. The first-order valence-corrected chi connectivity index (χ1v) is 5.60. The zero-order chi connectivity index (χ0) is 12.1. The molecule has 0 saturated carbocycles. The third-order valence-electron chi connectivity index (χ3n) is 2.33. The predicted molar refractivity (Wildman–Crippen MR) is 71.7 cm³/mol. The maximum absolute atomic E-state index is 6.04. The van der Waals surface area contributed by atoms with E-state index in [1.54, 1.807) is 13.3 Å². The number of methoxy groups -OCH3 is 1. The summed E-state index contributed by atoms with van der Waals surface area (Å²) in [5.74, 6) is 0.746. The van der Waals surface area contributed by atoms with Crippen LogP contribution in [-0.2, 0) is 0 Å². The van der Waals surface area contributed by atoms with Crippen LogP contribution < -0.4 is 4.74 Å². The molecule has 0 unspecified atom stereocenters. The molecule has 17 heavy (non-hydrogen) atoms. The van der Waals surface area contributed by atoms with Crippen molar-refractivity contribution in [2.45, 2.75) is 0 Å². The van der Waals surface area contributed by atoms with Crippen molar-refractivity contribution in [3.05, 3.63) is 59.1 Å². The number of rotatable bonds is 3. The van der Waals surface area contributed by atoms with Gasteiger partial charge in [-0.1, -0.05) is 41.9 Å². The Morgan fingerprint density at radius 1 is 1.06 bits per heavy atom. The molecule has 0 N–H and O–H groups in total. The van der Waals surface area contributed by atoms with Crippen molar-refractivity contribution in [3.8, 4) is 5.75 Å². The lowest BCUT2D eigenvalue weighted by Gasteiger charge is -2.03. The maximum atomic E-state index is 6.04. The molecule has 2 nitrogen and oxygen atoms in total. The molecule has 86 valence electrons. The van der Waals surface area contributed by atoms with Crippen LogP contribution in [0.4, 0.5) is 5.69 Å². The molecule has 0 aliphatic carbocycles. The molecule has 0 radical (unpaired) electrons. The van der Waals surface area contributed by atoms with Crippen LogP contribution in [0.15, 0.2) is 53.5 Å². The van der Waals surface area contributed by atoms with Gasteiger partial charge in [-0.15, -0.1) is 0 Å². The summed E-state index contributed by atoms with van der Waals surface area (Å²) < 4.78 is 5.22. The summed E-state index contributed by atoms with van der Waals surface area (Å²) in [6, 6.07) is 15.2. The highest BCUT2D eigenvalue weighted by Gasteiger charge is 1.99. The molecule has 2 rings (SSSR count). The first-order valence-electron chi connectivity index (χ1n) is 5.23. The number of aliphatic imine (C=N–C) groups is 1. The van der Waals surface area contributed by atoms with Crippen LogP contribution in [0.2, 0.25) is 5.02 Å². The molecule has 0 aliphatic heterocycles. The highest BCUT2D eigenvalue weighted by atomic mass is 35.5. The minimum Gasteiger partial charge on any atom is -0.494 e. The largest absolute Gasteiger partial charge is 0.494 e. The molecule has 0 saturated heterocycles. The van der Waals surface area contributed by atoms with Gasteiger partial charge in [0.25, 0.3) is 0 Å². The lowest BCUT2D eigenvalue weighted by Crippen LogP contribution is -1.84.